The number of carbonyl (C=O) groups excluding carboxylic acids is 1. The number of thioether (sulfide) groups is 1. The van der Waals surface area contributed by atoms with Crippen LogP contribution in [0.2, 0.25) is 5.02 Å². The minimum absolute atomic E-state index is 0.0237. The summed E-state index contributed by atoms with van der Waals surface area (Å²) in [6.45, 7) is 2.34. The van der Waals surface area contributed by atoms with Gasteiger partial charge in [-0.1, -0.05) is 23.4 Å². The van der Waals surface area contributed by atoms with Crippen molar-refractivity contribution in [3.8, 4) is 11.4 Å². The lowest BCUT2D eigenvalue weighted by Crippen LogP contribution is -2.29. The van der Waals surface area contributed by atoms with Gasteiger partial charge in [0.05, 0.1) is 18.1 Å². The monoisotopic (exact) mass is 390 g/mol. The molecule has 0 N–H and O–H groups in total. The number of rotatable bonds is 6. The highest BCUT2D eigenvalue weighted by Crippen LogP contribution is 2.29. The number of amides is 1. The molecule has 0 aliphatic carbocycles. The number of furan rings is 1. The number of halogens is 1. The van der Waals surface area contributed by atoms with Gasteiger partial charge in [0.2, 0.25) is 5.91 Å². The van der Waals surface area contributed by atoms with Crippen molar-refractivity contribution in [2.24, 2.45) is 0 Å². The Hall–Kier alpha value is -2.25. The van der Waals surface area contributed by atoms with Gasteiger partial charge < -0.3 is 9.32 Å². The maximum absolute atomic E-state index is 12.2. The van der Waals surface area contributed by atoms with Crippen LogP contribution >= 0.6 is 23.4 Å². The van der Waals surface area contributed by atoms with Crippen LogP contribution in [0.3, 0.4) is 0 Å². The van der Waals surface area contributed by atoms with Crippen molar-refractivity contribution in [1.29, 1.82) is 0 Å². The Morgan fingerprint density at radius 1 is 1.27 bits per heavy atom. The van der Waals surface area contributed by atoms with Crippen LogP contribution in [0, 0.1) is 0 Å². The van der Waals surface area contributed by atoms with Crippen LogP contribution in [0.25, 0.3) is 11.4 Å². The summed E-state index contributed by atoms with van der Waals surface area (Å²) < 4.78 is 7.43. The van der Waals surface area contributed by atoms with E-state index in [9.17, 15) is 4.79 Å². The van der Waals surface area contributed by atoms with Crippen molar-refractivity contribution in [2.75, 3.05) is 14.1 Å². The summed E-state index contributed by atoms with van der Waals surface area (Å²) in [6.07, 6.45) is 1.63. The first-order chi connectivity index (χ1) is 12.5. The molecule has 136 valence electrons. The van der Waals surface area contributed by atoms with Crippen LogP contribution in [-0.4, -0.2) is 44.9 Å². The molecule has 0 aliphatic heterocycles. The van der Waals surface area contributed by atoms with Crippen molar-refractivity contribution in [1.82, 2.24) is 19.7 Å². The van der Waals surface area contributed by atoms with Gasteiger partial charge >= 0.3 is 0 Å². The van der Waals surface area contributed by atoms with Gasteiger partial charge in [0.25, 0.3) is 0 Å². The van der Waals surface area contributed by atoms with Crippen LogP contribution in [-0.2, 0) is 11.3 Å². The minimum atomic E-state index is -0.275. The summed E-state index contributed by atoms with van der Waals surface area (Å²) >= 11 is 7.37. The molecule has 26 heavy (non-hydrogen) atoms. The summed E-state index contributed by atoms with van der Waals surface area (Å²) in [5.41, 5.74) is 0.895. The molecule has 1 unspecified atom stereocenters. The molecule has 2 aromatic heterocycles. The molecule has 0 aliphatic rings. The van der Waals surface area contributed by atoms with Crippen LogP contribution < -0.4 is 0 Å². The maximum Gasteiger partial charge on any atom is 0.235 e. The van der Waals surface area contributed by atoms with Crippen LogP contribution in [0.5, 0.6) is 0 Å². The van der Waals surface area contributed by atoms with Gasteiger partial charge in [-0.05, 0) is 43.3 Å². The van der Waals surface area contributed by atoms with Crippen LogP contribution in [0.4, 0.5) is 0 Å². The normalized spacial score (nSPS) is 12.2. The molecular weight excluding hydrogens is 372 g/mol. The Morgan fingerprint density at radius 3 is 2.62 bits per heavy atom. The van der Waals surface area contributed by atoms with Crippen LogP contribution in [0.1, 0.15) is 12.7 Å². The lowest BCUT2D eigenvalue weighted by atomic mass is 10.2. The fourth-order valence-corrected chi connectivity index (χ4v) is 3.58. The molecule has 1 atom stereocenters. The molecule has 0 bridgehead atoms. The number of hydrogen-bond acceptors (Lipinski definition) is 5. The maximum atomic E-state index is 12.2. The smallest absolute Gasteiger partial charge is 0.235 e. The van der Waals surface area contributed by atoms with E-state index >= 15 is 0 Å². The Bertz CT molecular complexity index is 875. The summed E-state index contributed by atoms with van der Waals surface area (Å²) in [7, 11) is 3.48. The van der Waals surface area contributed by atoms with E-state index in [2.05, 4.69) is 10.2 Å². The SMILES string of the molecule is CC(Sc1nnc(-c2ccc(Cl)cc2)n1Cc1ccco1)C(=O)N(C)C. The Kier molecular flexibility index (Phi) is 5.68. The first-order valence-electron chi connectivity index (χ1n) is 8.05. The molecular formula is C18H19ClN4O2S. The summed E-state index contributed by atoms with van der Waals surface area (Å²) in [5, 5.41) is 9.69. The average molecular weight is 391 g/mol. The van der Waals surface area contributed by atoms with Crippen molar-refractivity contribution in [3.63, 3.8) is 0 Å². The van der Waals surface area contributed by atoms with Crippen LogP contribution in [0.15, 0.2) is 52.2 Å². The van der Waals surface area contributed by atoms with Gasteiger partial charge in [0, 0.05) is 24.7 Å². The molecule has 0 saturated heterocycles. The van der Waals surface area contributed by atoms with Gasteiger partial charge in [-0.25, -0.2) is 0 Å². The highest BCUT2D eigenvalue weighted by atomic mass is 35.5. The molecule has 0 fully saturated rings. The van der Waals surface area contributed by atoms with Crippen molar-refractivity contribution >= 4 is 29.3 Å². The first-order valence-corrected chi connectivity index (χ1v) is 9.31. The second-order valence-corrected chi connectivity index (χ2v) is 7.72. The molecule has 0 saturated carbocycles. The topological polar surface area (TPSA) is 64.2 Å². The van der Waals surface area contributed by atoms with Gasteiger partial charge in [-0.2, -0.15) is 0 Å². The quantitative estimate of drug-likeness (QED) is 0.599. The fourth-order valence-electron chi connectivity index (χ4n) is 2.46. The first kappa shape index (κ1) is 18.5. The predicted octanol–water partition coefficient (Wildman–Crippen LogP) is 3.81. The minimum Gasteiger partial charge on any atom is -0.467 e. The lowest BCUT2D eigenvalue weighted by molar-refractivity contribution is -0.127. The lowest BCUT2D eigenvalue weighted by Gasteiger charge is -2.16. The Balaban J connectivity index is 1.96. The standard InChI is InChI=1S/C18H19ClN4O2S/c1-12(17(24)22(2)3)26-18-21-20-16(13-6-8-14(19)9-7-13)23(18)11-15-5-4-10-25-15/h4-10,12H,11H2,1-3H3. The van der Waals surface area contributed by atoms with E-state index in [0.717, 1.165) is 11.3 Å². The van der Waals surface area contributed by atoms with Gasteiger partial charge in [-0.3, -0.25) is 9.36 Å². The molecule has 3 rings (SSSR count). The van der Waals surface area contributed by atoms with E-state index in [0.29, 0.717) is 22.5 Å². The van der Waals surface area contributed by atoms with Gasteiger partial charge in [0.15, 0.2) is 11.0 Å². The number of carbonyl (C=O) groups is 1. The highest BCUT2D eigenvalue weighted by Gasteiger charge is 2.22. The van der Waals surface area contributed by atoms with Crippen molar-refractivity contribution in [2.45, 2.75) is 23.9 Å². The third kappa shape index (κ3) is 4.11. The van der Waals surface area contributed by atoms with Gasteiger partial charge in [0.1, 0.15) is 5.76 Å². The number of aromatic nitrogens is 3. The van der Waals surface area contributed by atoms with Crippen molar-refractivity contribution in [3.05, 3.63) is 53.4 Å². The predicted molar refractivity (Wildman–Crippen MR) is 102 cm³/mol. The number of nitrogens with zero attached hydrogens (tertiary/aromatic N) is 4. The third-order valence-electron chi connectivity index (χ3n) is 3.78. The third-order valence-corrected chi connectivity index (χ3v) is 5.10. The van der Waals surface area contributed by atoms with Crippen molar-refractivity contribution < 1.29 is 9.21 Å². The molecule has 3 aromatic rings. The molecule has 0 radical (unpaired) electrons. The number of benzene rings is 1. The zero-order chi connectivity index (χ0) is 18.7. The largest absolute Gasteiger partial charge is 0.467 e. The zero-order valence-corrected chi connectivity index (χ0v) is 16.3. The Labute approximate surface area is 161 Å². The molecule has 1 amide bonds. The number of hydrogen-bond donors (Lipinski definition) is 0. The molecule has 0 spiro atoms. The summed E-state index contributed by atoms with van der Waals surface area (Å²) in [4.78, 5) is 13.8. The summed E-state index contributed by atoms with van der Waals surface area (Å²) in [6, 6.07) is 11.2. The van der Waals surface area contributed by atoms with E-state index in [-0.39, 0.29) is 11.2 Å². The molecule has 6 nitrogen and oxygen atoms in total. The van der Waals surface area contributed by atoms with E-state index < -0.39 is 0 Å². The zero-order valence-electron chi connectivity index (χ0n) is 14.7. The summed E-state index contributed by atoms with van der Waals surface area (Å²) in [5.74, 6) is 1.51. The second kappa shape index (κ2) is 7.97. The average Bonchev–Trinajstić information content (AvgIpc) is 3.26. The van der Waals surface area contributed by atoms with E-state index in [1.54, 1.807) is 25.3 Å². The molecule has 8 heteroatoms. The highest BCUT2D eigenvalue weighted by molar-refractivity contribution is 8.00. The fraction of sp³-hybridized carbons (Fsp3) is 0.278. The molecule has 1 aromatic carbocycles. The second-order valence-electron chi connectivity index (χ2n) is 5.97. The van der Waals surface area contributed by atoms with E-state index in [1.165, 1.54) is 11.8 Å². The van der Waals surface area contributed by atoms with E-state index in [1.807, 2.05) is 47.9 Å². The van der Waals surface area contributed by atoms with E-state index in [4.69, 9.17) is 16.0 Å². The van der Waals surface area contributed by atoms with Gasteiger partial charge in [-0.15, -0.1) is 10.2 Å². The Morgan fingerprint density at radius 2 is 2.00 bits per heavy atom. The molecule has 2 heterocycles.